The van der Waals surface area contributed by atoms with Crippen molar-refractivity contribution in [3.8, 4) is 5.75 Å². The van der Waals surface area contributed by atoms with Crippen molar-refractivity contribution in [3.63, 3.8) is 0 Å². The number of benzene rings is 1. The van der Waals surface area contributed by atoms with Crippen molar-refractivity contribution in [1.29, 1.82) is 0 Å². The second-order valence-electron chi connectivity index (χ2n) is 4.29. The van der Waals surface area contributed by atoms with Crippen molar-refractivity contribution in [1.82, 2.24) is 9.78 Å². The summed E-state index contributed by atoms with van der Waals surface area (Å²) < 4.78 is 2.57. The fraction of sp³-hybridized carbons (Fsp3) is 0.231. The molecule has 19 heavy (non-hydrogen) atoms. The Balaban J connectivity index is 1.98. The first kappa shape index (κ1) is 13.6. The van der Waals surface area contributed by atoms with Gasteiger partial charge in [0.15, 0.2) is 0 Å². The molecule has 0 bridgehead atoms. The van der Waals surface area contributed by atoms with Gasteiger partial charge in [-0.1, -0.05) is 19.1 Å². The van der Waals surface area contributed by atoms with Gasteiger partial charge in [0.2, 0.25) is 5.91 Å². The highest BCUT2D eigenvalue weighted by Crippen LogP contribution is 2.22. The van der Waals surface area contributed by atoms with Crippen molar-refractivity contribution in [2.24, 2.45) is 5.92 Å². The molecular formula is C13H14BrN3O2. The molecule has 5 nitrogen and oxygen atoms in total. The molecule has 0 aliphatic heterocycles. The second kappa shape index (κ2) is 5.88. The molecule has 6 heteroatoms. The van der Waals surface area contributed by atoms with E-state index in [1.54, 1.807) is 29.1 Å². The maximum atomic E-state index is 12.0. The van der Waals surface area contributed by atoms with E-state index in [0.29, 0.717) is 12.2 Å². The minimum Gasteiger partial charge on any atom is -0.506 e. The van der Waals surface area contributed by atoms with E-state index in [-0.39, 0.29) is 17.6 Å². The van der Waals surface area contributed by atoms with Gasteiger partial charge in [-0.3, -0.25) is 9.48 Å². The lowest BCUT2D eigenvalue weighted by atomic mass is 10.1. The van der Waals surface area contributed by atoms with Crippen LogP contribution in [0.5, 0.6) is 5.75 Å². The standard InChI is InChI=1S/C13H14BrN3O2/c1-9(7-17-8-10(14)6-15-17)13(19)16-11-4-2-3-5-12(11)18/h2-6,8-9,18H,7H2,1H3,(H,16,19). The maximum Gasteiger partial charge on any atom is 0.229 e. The van der Waals surface area contributed by atoms with Gasteiger partial charge in [0, 0.05) is 6.20 Å². The van der Waals surface area contributed by atoms with Crippen LogP contribution in [0, 0.1) is 5.92 Å². The summed E-state index contributed by atoms with van der Waals surface area (Å²) in [4.78, 5) is 12.0. The number of amides is 1. The van der Waals surface area contributed by atoms with Crippen molar-refractivity contribution in [3.05, 3.63) is 41.1 Å². The van der Waals surface area contributed by atoms with Crippen molar-refractivity contribution in [2.75, 3.05) is 5.32 Å². The van der Waals surface area contributed by atoms with Crippen LogP contribution in [0.1, 0.15) is 6.92 Å². The zero-order valence-electron chi connectivity index (χ0n) is 10.4. The lowest BCUT2D eigenvalue weighted by molar-refractivity contribution is -0.119. The fourth-order valence-corrected chi connectivity index (χ4v) is 1.96. The molecule has 1 heterocycles. The predicted octanol–water partition coefficient (Wildman–Crippen LogP) is 2.63. The van der Waals surface area contributed by atoms with Crippen molar-refractivity contribution >= 4 is 27.5 Å². The van der Waals surface area contributed by atoms with E-state index in [1.807, 2.05) is 13.1 Å². The molecule has 0 aliphatic rings. The minimum absolute atomic E-state index is 0.0601. The van der Waals surface area contributed by atoms with E-state index in [1.165, 1.54) is 6.07 Å². The zero-order chi connectivity index (χ0) is 13.8. The third kappa shape index (κ3) is 3.57. The fourth-order valence-electron chi connectivity index (χ4n) is 1.64. The monoisotopic (exact) mass is 323 g/mol. The summed E-state index contributed by atoms with van der Waals surface area (Å²) in [5.74, 6) is -0.357. The zero-order valence-corrected chi connectivity index (χ0v) is 12.0. The number of carbonyl (C=O) groups is 1. The van der Waals surface area contributed by atoms with Gasteiger partial charge in [-0.05, 0) is 28.1 Å². The molecule has 1 atom stereocenters. The number of hydrogen-bond acceptors (Lipinski definition) is 3. The van der Waals surface area contributed by atoms with E-state index in [9.17, 15) is 9.90 Å². The van der Waals surface area contributed by atoms with Gasteiger partial charge in [0.1, 0.15) is 5.75 Å². The molecule has 1 aromatic heterocycles. The summed E-state index contributed by atoms with van der Waals surface area (Å²) in [6.45, 7) is 2.29. The number of phenols is 1. The summed E-state index contributed by atoms with van der Waals surface area (Å²) in [5, 5.41) is 16.4. The van der Waals surface area contributed by atoms with E-state index in [4.69, 9.17) is 0 Å². The SMILES string of the molecule is CC(Cn1cc(Br)cn1)C(=O)Nc1ccccc1O. The largest absolute Gasteiger partial charge is 0.506 e. The molecule has 2 N–H and O–H groups in total. The first-order valence-corrected chi connectivity index (χ1v) is 6.62. The first-order valence-electron chi connectivity index (χ1n) is 5.83. The molecule has 0 saturated heterocycles. The Kier molecular flexibility index (Phi) is 4.21. The molecular weight excluding hydrogens is 310 g/mol. The highest BCUT2D eigenvalue weighted by molar-refractivity contribution is 9.10. The summed E-state index contributed by atoms with van der Waals surface area (Å²) in [6.07, 6.45) is 3.48. The number of carbonyl (C=O) groups excluding carboxylic acids is 1. The summed E-state index contributed by atoms with van der Waals surface area (Å²) >= 11 is 3.31. The summed E-state index contributed by atoms with van der Waals surface area (Å²) in [6, 6.07) is 6.65. The van der Waals surface area contributed by atoms with Crippen LogP contribution in [0.2, 0.25) is 0 Å². The van der Waals surface area contributed by atoms with Crippen LogP contribution in [-0.2, 0) is 11.3 Å². The van der Waals surface area contributed by atoms with Gasteiger partial charge in [-0.2, -0.15) is 5.10 Å². The minimum atomic E-state index is -0.258. The Hall–Kier alpha value is -1.82. The number of nitrogens with zero attached hydrogens (tertiary/aromatic N) is 2. The quantitative estimate of drug-likeness (QED) is 0.850. The lowest BCUT2D eigenvalue weighted by Crippen LogP contribution is -2.24. The Labute approximate surface area is 119 Å². The topological polar surface area (TPSA) is 67.2 Å². The van der Waals surface area contributed by atoms with Crippen LogP contribution in [0.15, 0.2) is 41.1 Å². The van der Waals surface area contributed by atoms with Gasteiger partial charge in [-0.25, -0.2) is 0 Å². The molecule has 0 spiro atoms. The number of rotatable bonds is 4. The Bertz CT molecular complexity index is 583. The highest BCUT2D eigenvalue weighted by atomic mass is 79.9. The number of anilines is 1. The molecule has 0 radical (unpaired) electrons. The third-order valence-electron chi connectivity index (χ3n) is 2.67. The summed E-state index contributed by atoms with van der Waals surface area (Å²) in [5.41, 5.74) is 0.418. The normalized spacial score (nSPS) is 12.1. The van der Waals surface area contributed by atoms with Gasteiger partial charge in [0.25, 0.3) is 0 Å². The van der Waals surface area contributed by atoms with Gasteiger partial charge < -0.3 is 10.4 Å². The number of halogens is 1. The van der Waals surface area contributed by atoms with Crippen LogP contribution >= 0.6 is 15.9 Å². The number of phenolic OH excluding ortho intramolecular Hbond substituents is 1. The molecule has 1 aromatic carbocycles. The number of aromatic hydroxyl groups is 1. The van der Waals surface area contributed by atoms with E-state index in [2.05, 4.69) is 26.3 Å². The molecule has 0 saturated carbocycles. The average molecular weight is 324 g/mol. The molecule has 0 fully saturated rings. The molecule has 100 valence electrons. The van der Waals surface area contributed by atoms with Crippen LogP contribution in [0.4, 0.5) is 5.69 Å². The second-order valence-corrected chi connectivity index (χ2v) is 5.20. The van der Waals surface area contributed by atoms with E-state index in [0.717, 1.165) is 4.47 Å². The smallest absolute Gasteiger partial charge is 0.229 e. The van der Waals surface area contributed by atoms with Crippen LogP contribution in [0.25, 0.3) is 0 Å². The molecule has 2 rings (SSSR count). The number of aromatic nitrogens is 2. The van der Waals surface area contributed by atoms with E-state index >= 15 is 0 Å². The Morgan fingerprint density at radius 1 is 1.53 bits per heavy atom. The predicted molar refractivity (Wildman–Crippen MR) is 75.8 cm³/mol. The maximum absolute atomic E-state index is 12.0. The lowest BCUT2D eigenvalue weighted by Gasteiger charge is -2.13. The molecule has 2 aromatic rings. The van der Waals surface area contributed by atoms with Gasteiger partial charge in [0.05, 0.1) is 28.8 Å². The van der Waals surface area contributed by atoms with Gasteiger partial charge in [-0.15, -0.1) is 0 Å². The number of hydrogen-bond donors (Lipinski definition) is 2. The highest BCUT2D eigenvalue weighted by Gasteiger charge is 2.15. The Morgan fingerprint density at radius 2 is 2.26 bits per heavy atom. The summed E-state index contributed by atoms with van der Waals surface area (Å²) in [7, 11) is 0. The molecule has 0 aliphatic carbocycles. The first-order chi connectivity index (χ1) is 9.06. The van der Waals surface area contributed by atoms with Crippen LogP contribution in [-0.4, -0.2) is 20.8 Å². The van der Waals surface area contributed by atoms with Crippen molar-refractivity contribution < 1.29 is 9.90 Å². The number of nitrogens with one attached hydrogen (secondary N) is 1. The molecule has 1 amide bonds. The van der Waals surface area contributed by atoms with Crippen LogP contribution in [0.3, 0.4) is 0 Å². The number of para-hydroxylation sites is 2. The van der Waals surface area contributed by atoms with E-state index < -0.39 is 0 Å². The average Bonchev–Trinajstić information content (AvgIpc) is 2.77. The van der Waals surface area contributed by atoms with Gasteiger partial charge >= 0.3 is 0 Å². The Morgan fingerprint density at radius 3 is 2.89 bits per heavy atom. The third-order valence-corrected chi connectivity index (χ3v) is 3.08. The molecule has 1 unspecified atom stereocenters. The van der Waals surface area contributed by atoms with Crippen LogP contribution < -0.4 is 5.32 Å². The van der Waals surface area contributed by atoms with Crippen molar-refractivity contribution in [2.45, 2.75) is 13.5 Å².